The van der Waals surface area contributed by atoms with E-state index in [-0.39, 0.29) is 12.0 Å². The van der Waals surface area contributed by atoms with Crippen LogP contribution in [0.25, 0.3) is 0 Å². The number of piperazine rings is 1. The maximum absolute atomic E-state index is 13.3. The number of hydrogen-bond acceptors (Lipinski definition) is 8. The summed E-state index contributed by atoms with van der Waals surface area (Å²) in [5.74, 6) is 1.61. The molecule has 4 atom stereocenters. The van der Waals surface area contributed by atoms with Crippen molar-refractivity contribution in [2.24, 2.45) is 22.1 Å². The summed E-state index contributed by atoms with van der Waals surface area (Å²) in [5.41, 5.74) is 3.82. The van der Waals surface area contributed by atoms with Gasteiger partial charge in [-0.3, -0.25) is 9.69 Å². The summed E-state index contributed by atoms with van der Waals surface area (Å²) in [4.78, 5) is 20.6. The molecule has 1 saturated carbocycles. The maximum Gasteiger partial charge on any atom is 0.254 e. The van der Waals surface area contributed by atoms with Crippen molar-refractivity contribution in [3.63, 3.8) is 0 Å². The average Bonchev–Trinajstić information content (AvgIpc) is 3.06. The number of allylic oxidation sites excluding steroid dienone is 1. The van der Waals surface area contributed by atoms with Gasteiger partial charge in [-0.05, 0) is 98.9 Å². The first kappa shape index (κ1) is 34.4. The topological polar surface area (TPSA) is 74.7 Å². The summed E-state index contributed by atoms with van der Waals surface area (Å²) < 4.78 is 30.2. The number of nitrogens with zero attached hydrogens (tertiary/aromatic N) is 4. The van der Waals surface area contributed by atoms with Crippen LogP contribution in [0.2, 0.25) is 5.02 Å². The first-order valence-corrected chi connectivity index (χ1v) is 19.1. The number of aryl methyl sites for hydroxylation is 1. The van der Waals surface area contributed by atoms with E-state index >= 15 is 0 Å². The van der Waals surface area contributed by atoms with E-state index < -0.39 is 16.5 Å². The van der Waals surface area contributed by atoms with E-state index in [1.54, 1.807) is 6.07 Å². The molecule has 1 aliphatic carbocycles. The molecule has 0 aromatic heterocycles. The minimum absolute atomic E-state index is 0.0233. The second-order valence-corrected chi connectivity index (χ2v) is 15.5. The van der Waals surface area contributed by atoms with E-state index in [0.717, 1.165) is 94.3 Å². The number of amides is 1. The van der Waals surface area contributed by atoms with Crippen molar-refractivity contribution in [1.29, 1.82) is 0 Å². The SMILES string of the molecule is C[C@H]1C/C=C/[C@H](OCCN2CCN(C)CC2)[C@@H]2CC[C@H]2CN2Cc3ccc(Cl)cc3CCCCOc3ccc(cc32)C(=O)N=[S-](=O)C1. The van der Waals surface area contributed by atoms with Gasteiger partial charge in [-0.15, -0.1) is 0 Å². The van der Waals surface area contributed by atoms with Crippen molar-refractivity contribution in [2.45, 2.75) is 58.1 Å². The van der Waals surface area contributed by atoms with Crippen LogP contribution < -0.4 is 9.64 Å². The second kappa shape index (κ2) is 16.3. The standard InChI is InChI=1S/C37H50ClN4O4S/c1-27-6-5-8-35(46-21-19-41-17-15-40(2)16-18-41)33-13-10-31(33)25-42-24-30-9-12-32(38)22-28(30)7-3-4-20-45-36-14-11-29(23-34(36)42)37(43)39-47(44)26-27/h5,8-9,11-12,14,22-23,27,31,33,35H,3-4,6-7,10,13,15-21,24-26H2,1-2H3/q-1/b8-5+/t27-,31-,33+,35-/m0/s1. The van der Waals surface area contributed by atoms with Crippen LogP contribution in [0.15, 0.2) is 52.9 Å². The molecular weight excluding hydrogens is 632 g/mol. The Morgan fingerprint density at radius 2 is 1.91 bits per heavy atom. The Morgan fingerprint density at radius 3 is 2.72 bits per heavy atom. The molecule has 2 bridgehead atoms. The lowest BCUT2D eigenvalue weighted by molar-refractivity contribution is -0.0234. The fourth-order valence-corrected chi connectivity index (χ4v) is 8.42. The van der Waals surface area contributed by atoms with Crippen LogP contribution in [0.5, 0.6) is 5.75 Å². The maximum atomic E-state index is 13.3. The number of benzene rings is 2. The predicted molar refractivity (Wildman–Crippen MR) is 190 cm³/mol. The molecule has 1 amide bonds. The molecule has 2 aromatic carbocycles. The van der Waals surface area contributed by atoms with Crippen molar-refractivity contribution in [3.05, 3.63) is 70.3 Å². The molecule has 2 aromatic rings. The summed E-state index contributed by atoms with van der Waals surface area (Å²) in [7, 11) is 0.580. The Hall–Kier alpha value is -2.43. The van der Waals surface area contributed by atoms with Crippen LogP contribution in [0.3, 0.4) is 0 Å². The molecule has 0 unspecified atom stereocenters. The van der Waals surface area contributed by atoms with Crippen LogP contribution in [-0.4, -0.2) is 87.1 Å². The van der Waals surface area contributed by atoms with Gasteiger partial charge >= 0.3 is 0 Å². The molecule has 1 saturated heterocycles. The van der Waals surface area contributed by atoms with Crippen LogP contribution in [0, 0.1) is 17.8 Å². The van der Waals surface area contributed by atoms with Crippen LogP contribution in [0.4, 0.5) is 5.69 Å². The molecule has 3 aliphatic heterocycles. The van der Waals surface area contributed by atoms with Crippen molar-refractivity contribution >= 4 is 33.8 Å². The van der Waals surface area contributed by atoms with E-state index in [2.05, 4.69) is 57.3 Å². The number of fused-ring (bicyclic) bond motifs is 3. The minimum Gasteiger partial charge on any atom is -0.491 e. The lowest BCUT2D eigenvalue weighted by Gasteiger charge is -2.44. The summed E-state index contributed by atoms with van der Waals surface area (Å²) in [5, 5.41) is 0.752. The highest BCUT2D eigenvalue weighted by molar-refractivity contribution is 7.75. The Labute approximate surface area is 287 Å². The molecule has 10 heteroatoms. The van der Waals surface area contributed by atoms with E-state index in [4.69, 9.17) is 21.1 Å². The number of ether oxygens (including phenoxy) is 2. The van der Waals surface area contributed by atoms with Gasteiger partial charge < -0.3 is 27.8 Å². The first-order valence-electron chi connectivity index (χ1n) is 17.4. The van der Waals surface area contributed by atoms with Gasteiger partial charge in [-0.1, -0.05) is 48.4 Å². The lowest BCUT2D eigenvalue weighted by Crippen LogP contribution is -2.46. The fourth-order valence-electron chi connectivity index (χ4n) is 7.24. The molecule has 4 aliphatic rings. The third-order valence-corrected chi connectivity index (χ3v) is 11.8. The summed E-state index contributed by atoms with van der Waals surface area (Å²) in [6, 6.07) is 11.8. The Bertz CT molecular complexity index is 1500. The summed E-state index contributed by atoms with van der Waals surface area (Å²) in [6.45, 7) is 10.2. The predicted octanol–water partition coefficient (Wildman–Crippen LogP) is 6.60. The molecule has 0 spiro atoms. The molecule has 0 radical (unpaired) electrons. The first-order chi connectivity index (χ1) is 22.8. The van der Waals surface area contributed by atoms with Crippen molar-refractivity contribution < 1.29 is 18.5 Å². The van der Waals surface area contributed by atoms with Gasteiger partial charge in [0.1, 0.15) is 5.75 Å². The number of rotatable bonds is 4. The van der Waals surface area contributed by atoms with Gasteiger partial charge in [0.05, 0.1) is 25.0 Å². The van der Waals surface area contributed by atoms with Gasteiger partial charge in [0.25, 0.3) is 5.91 Å². The molecule has 3 heterocycles. The molecule has 0 N–H and O–H groups in total. The van der Waals surface area contributed by atoms with Gasteiger partial charge in [-0.25, -0.2) is 0 Å². The zero-order chi connectivity index (χ0) is 32.8. The Kier molecular flexibility index (Phi) is 12.0. The number of anilines is 1. The Balaban J connectivity index is 1.32. The second-order valence-electron chi connectivity index (χ2n) is 13.9. The summed E-state index contributed by atoms with van der Waals surface area (Å²) in [6.07, 6.45) is 10.4. The molecule has 6 rings (SSSR count). The van der Waals surface area contributed by atoms with E-state index in [9.17, 15) is 9.00 Å². The van der Waals surface area contributed by atoms with E-state index in [0.29, 0.717) is 42.9 Å². The van der Waals surface area contributed by atoms with Crippen molar-refractivity contribution in [3.8, 4) is 5.75 Å². The Morgan fingerprint density at radius 1 is 1.06 bits per heavy atom. The molecular formula is C37H50ClN4O4S-. The average molecular weight is 682 g/mol. The van der Waals surface area contributed by atoms with Crippen LogP contribution >= 0.6 is 11.6 Å². The van der Waals surface area contributed by atoms with Crippen molar-refractivity contribution in [1.82, 2.24) is 9.80 Å². The van der Waals surface area contributed by atoms with Crippen LogP contribution in [-0.2, 0) is 32.5 Å². The lowest BCUT2D eigenvalue weighted by atomic mass is 9.70. The summed E-state index contributed by atoms with van der Waals surface area (Å²) >= 11 is 6.48. The van der Waals surface area contributed by atoms with Crippen molar-refractivity contribution in [2.75, 3.05) is 70.2 Å². The smallest absolute Gasteiger partial charge is 0.254 e. The van der Waals surface area contributed by atoms with E-state index in [1.807, 2.05) is 18.2 Å². The highest BCUT2D eigenvalue weighted by Gasteiger charge is 2.38. The number of hydrogen-bond donors (Lipinski definition) is 0. The highest BCUT2D eigenvalue weighted by atomic mass is 35.5. The third kappa shape index (κ3) is 9.18. The molecule has 2 fully saturated rings. The zero-order valence-electron chi connectivity index (χ0n) is 27.9. The quantitative estimate of drug-likeness (QED) is 0.266. The number of carbonyl (C=O) groups excluding carboxylic acids is 1. The molecule has 256 valence electrons. The van der Waals surface area contributed by atoms with Crippen LogP contribution in [0.1, 0.15) is 60.5 Å². The van der Waals surface area contributed by atoms with E-state index in [1.165, 1.54) is 11.1 Å². The third-order valence-electron chi connectivity index (χ3n) is 10.3. The van der Waals surface area contributed by atoms with Gasteiger partial charge in [-0.2, -0.15) is 10.6 Å². The van der Waals surface area contributed by atoms with Gasteiger partial charge in [0.2, 0.25) is 0 Å². The zero-order valence-corrected chi connectivity index (χ0v) is 29.5. The van der Waals surface area contributed by atoms with Gasteiger partial charge in [0.15, 0.2) is 0 Å². The number of carbonyl (C=O) groups is 1. The fraction of sp³-hybridized carbons (Fsp3) is 0.595. The number of halogens is 1. The van der Waals surface area contributed by atoms with Gasteiger partial charge in [0, 0.05) is 56.4 Å². The highest BCUT2D eigenvalue weighted by Crippen LogP contribution is 2.42. The number of likely N-dealkylation sites (N-methyl/N-ethyl adjacent to an activating group) is 1. The monoisotopic (exact) mass is 681 g/mol. The largest absolute Gasteiger partial charge is 0.491 e. The molecule has 8 nitrogen and oxygen atoms in total. The molecule has 47 heavy (non-hydrogen) atoms. The minimum atomic E-state index is -1.61. The normalized spacial score (nSPS) is 27.7.